The van der Waals surface area contributed by atoms with Crippen LogP contribution in [0.3, 0.4) is 0 Å². The van der Waals surface area contributed by atoms with Gasteiger partial charge in [-0.25, -0.2) is 4.98 Å². The highest BCUT2D eigenvalue weighted by Gasteiger charge is 2.05. The number of aromatic nitrogens is 2. The SMILES string of the molecule is CCc1ccc(Nc2nc(C)cc(Nc3ccc(C(C)=O)cc3)n2)cc1. The molecule has 0 saturated carbocycles. The Balaban J connectivity index is 1.77. The highest BCUT2D eigenvalue weighted by molar-refractivity contribution is 5.94. The summed E-state index contributed by atoms with van der Waals surface area (Å²) in [7, 11) is 0. The highest BCUT2D eigenvalue weighted by atomic mass is 16.1. The number of hydrogen-bond donors (Lipinski definition) is 2. The number of hydrogen-bond acceptors (Lipinski definition) is 5. The second-order valence-corrected chi connectivity index (χ2v) is 6.15. The maximum atomic E-state index is 11.4. The van der Waals surface area contributed by atoms with Gasteiger partial charge >= 0.3 is 0 Å². The van der Waals surface area contributed by atoms with Gasteiger partial charge in [0.1, 0.15) is 5.82 Å². The van der Waals surface area contributed by atoms with Crippen LogP contribution in [0, 0.1) is 6.92 Å². The lowest BCUT2D eigenvalue weighted by atomic mass is 10.1. The minimum Gasteiger partial charge on any atom is -0.340 e. The van der Waals surface area contributed by atoms with Crippen LogP contribution in [0.25, 0.3) is 0 Å². The molecule has 0 radical (unpaired) electrons. The molecule has 0 aliphatic rings. The molecule has 0 spiro atoms. The van der Waals surface area contributed by atoms with Crippen LogP contribution in [-0.2, 0) is 6.42 Å². The van der Waals surface area contributed by atoms with Crippen molar-refractivity contribution in [1.82, 2.24) is 9.97 Å². The minimum atomic E-state index is 0.0509. The molecular formula is C21H22N4O. The van der Waals surface area contributed by atoms with Crippen LogP contribution < -0.4 is 10.6 Å². The Morgan fingerprint density at radius 2 is 1.54 bits per heavy atom. The average molecular weight is 346 g/mol. The molecule has 26 heavy (non-hydrogen) atoms. The first-order valence-corrected chi connectivity index (χ1v) is 8.63. The Hall–Kier alpha value is -3.21. The third-order valence-corrected chi connectivity index (χ3v) is 4.04. The lowest BCUT2D eigenvalue weighted by molar-refractivity contribution is 0.101. The number of carbonyl (C=O) groups excluding carboxylic acids is 1. The van der Waals surface area contributed by atoms with Crippen LogP contribution in [0.1, 0.15) is 35.5 Å². The Bertz CT molecular complexity index is 902. The molecule has 0 amide bonds. The van der Waals surface area contributed by atoms with Gasteiger partial charge in [-0.15, -0.1) is 0 Å². The van der Waals surface area contributed by atoms with E-state index in [-0.39, 0.29) is 5.78 Å². The van der Waals surface area contributed by atoms with Crippen LogP contribution in [0.15, 0.2) is 54.6 Å². The Kier molecular flexibility index (Phi) is 5.27. The molecule has 5 heteroatoms. The van der Waals surface area contributed by atoms with Crippen molar-refractivity contribution >= 4 is 28.9 Å². The molecule has 0 fully saturated rings. The van der Waals surface area contributed by atoms with E-state index in [1.54, 1.807) is 19.1 Å². The van der Waals surface area contributed by atoms with Gasteiger partial charge in [0.15, 0.2) is 5.78 Å². The van der Waals surface area contributed by atoms with E-state index in [0.717, 1.165) is 23.5 Å². The number of carbonyl (C=O) groups is 1. The molecular weight excluding hydrogens is 324 g/mol. The first-order chi connectivity index (χ1) is 12.5. The van der Waals surface area contributed by atoms with Crippen molar-refractivity contribution < 1.29 is 4.79 Å². The molecule has 0 aliphatic heterocycles. The first kappa shape index (κ1) is 17.6. The predicted molar refractivity (Wildman–Crippen MR) is 106 cm³/mol. The van der Waals surface area contributed by atoms with E-state index in [9.17, 15) is 4.79 Å². The molecule has 0 saturated heterocycles. The quantitative estimate of drug-likeness (QED) is 0.612. The third-order valence-electron chi connectivity index (χ3n) is 4.04. The summed E-state index contributed by atoms with van der Waals surface area (Å²) in [6.07, 6.45) is 1.01. The van der Waals surface area contributed by atoms with Crippen molar-refractivity contribution in [2.24, 2.45) is 0 Å². The molecule has 0 atom stereocenters. The van der Waals surface area contributed by atoms with Crippen LogP contribution >= 0.6 is 0 Å². The summed E-state index contributed by atoms with van der Waals surface area (Å²) in [5.41, 5.74) is 4.65. The summed E-state index contributed by atoms with van der Waals surface area (Å²) in [5.74, 6) is 1.29. The number of Topliss-reactive ketones (excluding diaryl/α,β-unsaturated/α-hetero) is 1. The smallest absolute Gasteiger partial charge is 0.229 e. The average Bonchev–Trinajstić information content (AvgIpc) is 2.62. The fraction of sp³-hybridized carbons (Fsp3) is 0.190. The Labute approximate surface area is 153 Å². The summed E-state index contributed by atoms with van der Waals surface area (Å²) in [4.78, 5) is 20.3. The maximum Gasteiger partial charge on any atom is 0.229 e. The normalized spacial score (nSPS) is 10.4. The monoisotopic (exact) mass is 346 g/mol. The molecule has 1 aromatic heterocycles. The lowest BCUT2D eigenvalue weighted by Crippen LogP contribution is -2.02. The largest absolute Gasteiger partial charge is 0.340 e. The molecule has 5 nitrogen and oxygen atoms in total. The number of aryl methyl sites for hydroxylation is 2. The number of nitrogens with zero attached hydrogens (tertiary/aromatic N) is 2. The molecule has 3 aromatic rings. The van der Waals surface area contributed by atoms with Crippen molar-refractivity contribution in [1.29, 1.82) is 0 Å². The molecule has 2 aromatic carbocycles. The summed E-state index contributed by atoms with van der Waals surface area (Å²) < 4.78 is 0. The van der Waals surface area contributed by atoms with E-state index < -0.39 is 0 Å². The van der Waals surface area contributed by atoms with Gasteiger partial charge in [-0.2, -0.15) is 4.98 Å². The zero-order valence-corrected chi connectivity index (χ0v) is 15.2. The predicted octanol–water partition coefficient (Wildman–Crippen LogP) is 5.04. The van der Waals surface area contributed by atoms with Gasteiger partial charge in [0.05, 0.1) is 0 Å². The van der Waals surface area contributed by atoms with E-state index in [0.29, 0.717) is 17.3 Å². The first-order valence-electron chi connectivity index (χ1n) is 8.63. The van der Waals surface area contributed by atoms with E-state index in [2.05, 4.69) is 39.7 Å². The molecule has 0 aliphatic carbocycles. The number of benzene rings is 2. The van der Waals surface area contributed by atoms with Gasteiger partial charge in [0.2, 0.25) is 5.95 Å². The van der Waals surface area contributed by atoms with E-state index >= 15 is 0 Å². The van der Waals surface area contributed by atoms with Crippen molar-refractivity contribution in [2.75, 3.05) is 10.6 Å². The molecule has 132 valence electrons. The van der Waals surface area contributed by atoms with Gasteiger partial charge in [-0.1, -0.05) is 19.1 Å². The minimum absolute atomic E-state index is 0.0509. The summed E-state index contributed by atoms with van der Waals surface area (Å²) in [6, 6.07) is 17.4. The van der Waals surface area contributed by atoms with Gasteiger partial charge in [-0.3, -0.25) is 4.79 Å². The number of nitrogens with one attached hydrogen (secondary N) is 2. The van der Waals surface area contributed by atoms with Crippen molar-refractivity contribution in [2.45, 2.75) is 27.2 Å². The van der Waals surface area contributed by atoms with E-state index in [1.165, 1.54) is 5.56 Å². The van der Waals surface area contributed by atoms with Crippen LogP contribution in [-0.4, -0.2) is 15.8 Å². The Morgan fingerprint density at radius 1 is 0.923 bits per heavy atom. The van der Waals surface area contributed by atoms with Crippen molar-refractivity contribution in [3.63, 3.8) is 0 Å². The van der Waals surface area contributed by atoms with E-state index in [1.807, 2.05) is 37.3 Å². The summed E-state index contributed by atoms with van der Waals surface area (Å²) >= 11 is 0. The van der Waals surface area contributed by atoms with Gasteiger partial charge in [0, 0.05) is 28.7 Å². The molecule has 2 N–H and O–H groups in total. The number of anilines is 4. The zero-order valence-electron chi connectivity index (χ0n) is 15.2. The van der Waals surface area contributed by atoms with Crippen LogP contribution in [0.5, 0.6) is 0 Å². The second-order valence-electron chi connectivity index (χ2n) is 6.15. The topological polar surface area (TPSA) is 66.9 Å². The zero-order chi connectivity index (χ0) is 18.5. The van der Waals surface area contributed by atoms with Gasteiger partial charge in [-0.05, 0) is 62.2 Å². The number of ketones is 1. The summed E-state index contributed by atoms with van der Waals surface area (Å²) in [5, 5.41) is 6.49. The van der Waals surface area contributed by atoms with E-state index in [4.69, 9.17) is 0 Å². The fourth-order valence-corrected chi connectivity index (χ4v) is 2.58. The Morgan fingerprint density at radius 3 is 2.15 bits per heavy atom. The summed E-state index contributed by atoms with van der Waals surface area (Å²) in [6.45, 7) is 5.62. The maximum absolute atomic E-state index is 11.4. The second kappa shape index (κ2) is 7.78. The third kappa shape index (κ3) is 4.45. The van der Waals surface area contributed by atoms with Gasteiger partial charge < -0.3 is 10.6 Å². The van der Waals surface area contributed by atoms with Crippen LogP contribution in [0.2, 0.25) is 0 Å². The molecule has 0 unspecified atom stereocenters. The highest BCUT2D eigenvalue weighted by Crippen LogP contribution is 2.20. The standard InChI is InChI=1S/C21H22N4O/c1-4-16-5-9-19(10-6-16)24-21-22-14(2)13-20(25-21)23-18-11-7-17(8-12-18)15(3)26/h5-13H,4H2,1-3H3,(H2,22,23,24,25). The van der Waals surface area contributed by atoms with Crippen LogP contribution in [0.4, 0.5) is 23.1 Å². The van der Waals surface area contributed by atoms with Crippen molar-refractivity contribution in [3.8, 4) is 0 Å². The van der Waals surface area contributed by atoms with Crippen molar-refractivity contribution in [3.05, 3.63) is 71.4 Å². The lowest BCUT2D eigenvalue weighted by Gasteiger charge is -2.10. The number of rotatable bonds is 6. The molecule has 1 heterocycles. The fourth-order valence-electron chi connectivity index (χ4n) is 2.58. The molecule has 3 rings (SSSR count). The molecule has 0 bridgehead atoms. The van der Waals surface area contributed by atoms with Gasteiger partial charge in [0.25, 0.3) is 0 Å².